The molecule has 0 bridgehead atoms. The van der Waals surface area contributed by atoms with Crippen molar-refractivity contribution in [3.8, 4) is 0 Å². The Morgan fingerprint density at radius 3 is 2.59 bits per heavy atom. The molecule has 1 aliphatic rings. The molecule has 8 heteroatoms. The van der Waals surface area contributed by atoms with Crippen molar-refractivity contribution in [2.45, 2.75) is 69.4 Å². The molecule has 0 saturated heterocycles. The van der Waals surface area contributed by atoms with E-state index in [4.69, 9.17) is 4.74 Å². The summed E-state index contributed by atoms with van der Waals surface area (Å²) in [6.07, 6.45) is 5.62. The third kappa shape index (κ3) is 6.79. The minimum absolute atomic E-state index is 0.0160. The lowest BCUT2D eigenvalue weighted by Crippen LogP contribution is -2.36. The zero-order valence-corrected chi connectivity index (χ0v) is 16.8. The molecule has 0 radical (unpaired) electrons. The van der Waals surface area contributed by atoms with E-state index in [9.17, 15) is 18.3 Å². The first kappa shape index (κ1) is 21.7. The predicted molar refractivity (Wildman–Crippen MR) is 105 cm³/mol. The second kappa shape index (κ2) is 10.1. The van der Waals surface area contributed by atoms with E-state index in [1.165, 1.54) is 18.2 Å². The largest absolute Gasteiger partial charge is 0.478 e. The maximum atomic E-state index is 12.9. The number of hydrogen-bond acceptors (Lipinski definition) is 5. The first-order valence-corrected chi connectivity index (χ1v) is 11.0. The highest BCUT2D eigenvalue weighted by Crippen LogP contribution is 2.25. The minimum atomic E-state index is -3.81. The number of anilines is 1. The van der Waals surface area contributed by atoms with Crippen LogP contribution in [0.3, 0.4) is 0 Å². The summed E-state index contributed by atoms with van der Waals surface area (Å²) in [5.74, 6) is -1.15. The van der Waals surface area contributed by atoms with Gasteiger partial charge in [0.2, 0.25) is 10.0 Å². The molecule has 0 unspecified atom stereocenters. The molecular formula is C19H30N2O5S. The van der Waals surface area contributed by atoms with Crippen LogP contribution in [0.15, 0.2) is 23.1 Å². The van der Waals surface area contributed by atoms with E-state index in [0.29, 0.717) is 25.3 Å². The van der Waals surface area contributed by atoms with Crippen molar-refractivity contribution >= 4 is 21.7 Å². The lowest BCUT2D eigenvalue weighted by Gasteiger charge is -2.23. The number of hydrogen-bond donors (Lipinski definition) is 3. The van der Waals surface area contributed by atoms with Crippen LogP contribution in [0.2, 0.25) is 0 Å². The smallest absolute Gasteiger partial charge is 0.335 e. The molecule has 0 aliphatic heterocycles. The van der Waals surface area contributed by atoms with Crippen LogP contribution in [0.4, 0.5) is 5.69 Å². The van der Waals surface area contributed by atoms with Gasteiger partial charge in [0.15, 0.2) is 0 Å². The Hall–Kier alpha value is -1.64. The Morgan fingerprint density at radius 1 is 1.26 bits per heavy atom. The van der Waals surface area contributed by atoms with Crippen LogP contribution in [-0.2, 0) is 14.8 Å². The maximum absolute atomic E-state index is 12.9. The molecule has 3 N–H and O–H groups in total. The van der Waals surface area contributed by atoms with Crippen molar-refractivity contribution in [2.75, 3.05) is 18.5 Å². The van der Waals surface area contributed by atoms with Crippen molar-refractivity contribution in [3.05, 3.63) is 23.8 Å². The highest BCUT2D eigenvalue weighted by Gasteiger charge is 2.25. The van der Waals surface area contributed by atoms with Crippen LogP contribution in [0.5, 0.6) is 0 Å². The summed E-state index contributed by atoms with van der Waals surface area (Å²) in [6.45, 7) is 5.02. The van der Waals surface area contributed by atoms with E-state index in [1.807, 2.05) is 13.8 Å². The summed E-state index contributed by atoms with van der Waals surface area (Å²) in [5.41, 5.74) is 0.362. The van der Waals surface area contributed by atoms with Gasteiger partial charge >= 0.3 is 5.97 Å². The predicted octanol–water partition coefficient (Wildman–Crippen LogP) is 3.22. The third-order valence-corrected chi connectivity index (χ3v) is 6.09. The monoisotopic (exact) mass is 398 g/mol. The van der Waals surface area contributed by atoms with Gasteiger partial charge in [-0.15, -0.1) is 0 Å². The SMILES string of the molecule is CC(C)OCCCNc1ccc(C(=O)O)cc1S(=O)(=O)NC1CCCCC1. The van der Waals surface area contributed by atoms with E-state index in [-0.39, 0.29) is 22.6 Å². The lowest BCUT2D eigenvalue weighted by molar-refractivity contribution is 0.0696. The molecule has 0 aromatic heterocycles. The molecule has 2 rings (SSSR count). The van der Waals surface area contributed by atoms with Crippen molar-refractivity contribution in [1.82, 2.24) is 4.72 Å². The summed E-state index contributed by atoms with van der Waals surface area (Å²) < 4.78 is 34.0. The van der Waals surface area contributed by atoms with Crippen molar-refractivity contribution in [2.24, 2.45) is 0 Å². The fourth-order valence-electron chi connectivity index (χ4n) is 3.14. The first-order chi connectivity index (χ1) is 12.8. The molecule has 1 aromatic carbocycles. The Balaban J connectivity index is 2.14. The van der Waals surface area contributed by atoms with Gasteiger partial charge in [-0.1, -0.05) is 19.3 Å². The Morgan fingerprint density at radius 2 is 1.96 bits per heavy atom. The Labute approximate surface area is 161 Å². The van der Waals surface area contributed by atoms with Crippen LogP contribution in [0.1, 0.15) is 62.7 Å². The molecule has 0 spiro atoms. The molecule has 1 fully saturated rings. The maximum Gasteiger partial charge on any atom is 0.335 e. The van der Waals surface area contributed by atoms with E-state index < -0.39 is 16.0 Å². The highest BCUT2D eigenvalue weighted by atomic mass is 32.2. The summed E-state index contributed by atoms with van der Waals surface area (Å²) in [5, 5.41) is 12.3. The van der Waals surface area contributed by atoms with Crippen molar-refractivity contribution in [3.63, 3.8) is 0 Å². The molecule has 1 aromatic rings. The summed E-state index contributed by atoms with van der Waals surface area (Å²) in [4.78, 5) is 11.3. The van der Waals surface area contributed by atoms with E-state index in [1.54, 1.807) is 0 Å². The van der Waals surface area contributed by atoms with Crippen LogP contribution in [0, 0.1) is 0 Å². The standard InChI is InChI=1S/C19H30N2O5S/c1-14(2)26-12-6-11-20-17-10-9-15(19(22)23)13-18(17)27(24,25)21-16-7-4-3-5-8-16/h9-10,13-14,16,20-21H,3-8,11-12H2,1-2H3,(H,22,23). The molecule has 0 amide bonds. The molecule has 1 saturated carbocycles. The number of rotatable bonds is 10. The Bertz CT molecular complexity index is 728. The fourth-order valence-corrected chi connectivity index (χ4v) is 4.65. The van der Waals surface area contributed by atoms with Crippen LogP contribution in [-0.4, -0.2) is 44.8 Å². The van der Waals surface area contributed by atoms with Crippen LogP contribution in [0.25, 0.3) is 0 Å². The van der Waals surface area contributed by atoms with Gasteiger partial charge in [0.05, 0.1) is 17.4 Å². The Kier molecular flexibility index (Phi) is 8.07. The van der Waals surface area contributed by atoms with Gasteiger partial charge in [0.25, 0.3) is 0 Å². The topological polar surface area (TPSA) is 105 Å². The number of ether oxygens (including phenoxy) is 1. The van der Waals surface area contributed by atoms with Gasteiger partial charge in [0.1, 0.15) is 4.90 Å². The van der Waals surface area contributed by atoms with Gasteiger partial charge in [-0.05, 0) is 51.3 Å². The molecular weight excluding hydrogens is 368 g/mol. The number of carboxylic acid groups (broad SMARTS) is 1. The number of nitrogens with one attached hydrogen (secondary N) is 2. The first-order valence-electron chi connectivity index (χ1n) is 9.55. The quantitative estimate of drug-likeness (QED) is 0.523. The summed E-state index contributed by atoms with van der Waals surface area (Å²) >= 11 is 0. The molecule has 0 heterocycles. The zero-order chi connectivity index (χ0) is 19.9. The number of carboxylic acids is 1. The summed E-state index contributed by atoms with van der Waals surface area (Å²) in [7, 11) is -3.81. The van der Waals surface area contributed by atoms with Crippen molar-refractivity contribution in [1.29, 1.82) is 0 Å². The molecule has 27 heavy (non-hydrogen) atoms. The fraction of sp³-hybridized carbons (Fsp3) is 0.632. The summed E-state index contributed by atoms with van der Waals surface area (Å²) in [6, 6.07) is 4.06. The van der Waals surface area contributed by atoms with Crippen LogP contribution < -0.4 is 10.0 Å². The van der Waals surface area contributed by atoms with Gasteiger partial charge in [-0.2, -0.15) is 0 Å². The molecule has 7 nitrogen and oxygen atoms in total. The van der Waals surface area contributed by atoms with Gasteiger partial charge in [0, 0.05) is 19.2 Å². The van der Waals surface area contributed by atoms with Crippen LogP contribution >= 0.6 is 0 Å². The zero-order valence-electron chi connectivity index (χ0n) is 16.0. The third-order valence-electron chi connectivity index (χ3n) is 4.53. The van der Waals surface area contributed by atoms with E-state index in [2.05, 4.69) is 10.0 Å². The number of sulfonamides is 1. The van der Waals surface area contributed by atoms with Crippen molar-refractivity contribution < 1.29 is 23.1 Å². The average Bonchev–Trinajstić information content (AvgIpc) is 2.61. The number of carbonyl (C=O) groups is 1. The number of benzene rings is 1. The molecule has 152 valence electrons. The lowest BCUT2D eigenvalue weighted by atomic mass is 9.96. The van der Waals surface area contributed by atoms with Gasteiger partial charge in [-0.3, -0.25) is 0 Å². The second-order valence-electron chi connectivity index (χ2n) is 7.17. The van der Waals surface area contributed by atoms with Gasteiger partial charge in [-0.25, -0.2) is 17.9 Å². The molecule has 1 aliphatic carbocycles. The number of aromatic carboxylic acids is 1. The normalized spacial score (nSPS) is 15.8. The molecule has 0 atom stereocenters. The highest BCUT2D eigenvalue weighted by molar-refractivity contribution is 7.89. The van der Waals surface area contributed by atoms with E-state index >= 15 is 0 Å². The van der Waals surface area contributed by atoms with Gasteiger partial charge < -0.3 is 15.2 Å². The van der Waals surface area contributed by atoms with E-state index in [0.717, 1.165) is 32.1 Å². The average molecular weight is 399 g/mol. The minimum Gasteiger partial charge on any atom is -0.478 e. The second-order valence-corrected chi connectivity index (χ2v) is 8.85.